The van der Waals surface area contributed by atoms with Crippen LogP contribution in [-0.4, -0.2) is 18.1 Å². The molecule has 4 heteroatoms. The van der Waals surface area contributed by atoms with E-state index >= 15 is 0 Å². The van der Waals surface area contributed by atoms with Crippen LogP contribution in [0.5, 0.6) is 0 Å². The summed E-state index contributed by atoms with van der Waals surface area (Å²) in [5.74, 6) is 0. The van der Waals surface area contributed by atoms with E-state index in [1.54, 1.807) is 0 Å². The van der Waals surface area contributed by atoms with Crippen molar-refractivity contribution in [2.75, 3.05) is 6.54 Å². The number of halogens is 1. The predicted octanol–water partition coefficient (Wildman–Crippen LogP) is -0.121. The van der Waals surface area contributed by atoms with Crippen molar-refractivity contribution in [3.63, 3.8) is 0 Å². The van der Waals surface area contributed by atoms with Crippen molar-refractivity contribution in [3.05, 3.63) is 0 Å². The molecule has 3 nitrogen and oxygen atoms in total. The van der Waals surface area contributed by atoms with Gasteiger partial charge in [0.05, 0.1) is 6.54 Å². The molecule has 0 spiro atoms. The molecule has 1 heterocycles. The molecular formula is C3H4ClN2O. The summed E-state index contributed by atoms with van der Waals surface area (Å²) in [5.41, 5.74) is -0.340. The third kappa shape index (κ3) is 0.962. The minimum absolute atomic E-state index is 0.306. The summed E-state index contributed by atoms with van der Waals surface area (Å²) in [5, 5.41) is 5.84. The molecule has 7 heavy (non-hydrogen) atoms. The summed E-state index contributed by atoms with van der Waals surface area (Å²) in [6, 6.07) is -0.306. The van der Waals surface area contributed by atoms with Crippen molar-refractivity contribution in [2.24, 2.45) is 0 Å². The van der Waals surface area contributed by atoms with Gasteiger partial charge in [0.25, 0.3) is 0 Å². The highest BCUT2D eigenvalue weighted by atomic mass is 35.5. The molecule has 1 aliphatic rings. The van der Waals surface area contributed by atoms with E-state index < -0.39 is 0 Å². The summed E-state index contributed by atoms with van der Waals surface area (Å²) < 4.78 is 0. The highest BCUT2D eigenvalue weighted by molar-refractivity contribution is 6.22. The Morgan fingerprint density at radius 3 is 2.86 bits per heavy atom. The molecule has 39 valence electrons. The zero-order valence-electron chi connectivity index (χ0n) is 3.52. The van der Waals surface area contributed by atoms with Gasteiger partial charge in [0.1, 0.15) is 5.50 Å². The fourth-order valence-electron chi connectivity index (χ4n) is 0.390. The molecule has 1 aliphatic heterocycles. The Hall–Kier alpha value is -0.440. The van der Waals surface area contributed by atoms with Crippen molar-refractivity contribution in [3.8, 4) is 0 Å². The number of urea groups is 1. The highest BCUT2D eigenvalue weighted by Crippen LogP contribution is 1.95. The minimum atomic E-state index is -0.340. The van der Waals surface area contributed by atoms with Crippen molar-refractivity contribution in [1.29, 1.82) is 0 Å². The number of nitrogens with zero attached hydrogens (tertiary/aromatic N) is 1. The molecule has 1 fully saturated rings. The predicted molar refractivity (Wildman–Crippen MR) is 25.2 cm³/mol. The molecule has 0 aromatic rings. The van der Waals surface area contributed by atoms with Gasteiger partial charge in [-0.05, 0) is 0 Å². The molecule has 1 atom stereocenters. The van der Waals surface area contributed by atoms with E-state index in [2.05, 4.69) is 10.6 Å². The number of rotatable bonds is 0. The molecule has 0 aliphatic carbocycles. The molecule has 2 amide bonds. The summed E-state index contributed by atoms with van der Waals surface area (Å²) in [7, 11) is 0. The van der Waals surface area contributed by atoms with Gasteiger partial charge < -0.3 is 5.32 Å². The lowest BCUT2D eigenvalue weighted by atomic mass is 10.7. The maximum atomic E-state index is 10.1. The SMILES string of the molecule is O=C1[N]C(Cl)CN1. The van der Waals surface area contributed by atoms with Gasteiger partial charge in [-0.1, -0.05) is 11.6 Å². The first kappa shape index (κ1) is 4.71. The van der Waals surface area contributed by atoms with Crippen molar-refractivity contribution >= 4 is 17.6 Å². The van der Waals surface area contributed by atoms with Crippen LogP contribution in [0.3, 0.4) is 0 Å². The quantitative estimate of drug-likeness (QED) is 0.351. The third-order valence-corrected chi connectivity index (χ3v) is 0.931. The lowest BCUT2D eigenvalue weighted by Crippen LogP contribution is -2.15. The topological polar surface area (TPSA) is 43.2 Å². The molecule has 1 saturated heterocycles. The van der Waals surface area contributed by atoms with Gasteiger partial charge in [-0.15, -0.1) is 0 Å². The van der Waals surface area contributed by atoms with E-state index in [1.165, 1.54) is 0 Å². The number of alkyl halides is 1. The first-order valence-electron chi connectivity index (χ1n) is 1.92. The van der Waals surface area contributed by atoms with E-state index in [4.69, 9.17) is 11.6 Å². The Balaban J connectivity index is 2.40. The highest BCUT2D eigenvalue weighted by Gasteiger charge is 2.18. The van der Waals surface area contributed by atoms with Crippen molar-refractivity contribution < 1.29 is 4.79 Å². The van der Waals surface area contributed by atoms with Gasteiger partial charge in [0.2, 0.25) is 0 Å². The van der Waals surface area contributed by atoms with Gasteiger partial charge in [-0.25, -0.2) is 10.1 Å². The Kier molecular flexibility index (Phi) is 1.06. The average Bonchev–Trinajstić information content (AvgIpc) is 1.87. The van der Waals surface area contributed by atoms with E-state index in [1.807, 2.05) is 0 Å². The standard InChI is InChI=1S/C3H4ClN2O/c4-2-1-5-3(7)6-2/h2H,1H2,(H,5,7). The van der Waals surface area contributed by atoms with Crippen LogP contribution in [0.2, 0.25) is 0 Å². The van der Waals surface area contributed by atoms with Crippen LogP contribution < -0.4 is 10.6 Å². The molecule has 0 saturated carbocycles. The summed E-state index contributed by atoms with van der Waals surface area (Å²) >= 11 is 5.36. The number of hydrogen-bond acceptors (Lipinski definition) is 1. The second-order valence-electron chi connectivity index (χ2n) is 1.25. The lowest BCUT2D eigenvalue weighted by molar-refractivity contribution is 0.247. The third-order valence-electron chi connectivity index (χ3n) is 0.679. The van der Waals surface area contributed by atoms with Crippen LogP contribution >= 0.6 is 11.6 Å². The Bertz CT molecular complexity index is 94.9. The molecule has 1 N–H and O–H groups in total. The maximum absolute atomic E-state index is 10.1. The van der Waals surface area contributed by atoms with Crippen molar-refractivity contribution in [2.45, 2.75) is 5.50 Å². The zero-order valence-corrected chi connectivity index (χ0v) is 4.27. The Morgan fingerprint density at radius 1 is 2.00 bits per heavy atom. The van der Waals surface area contributed by atoms with Crippen LogP contribution in [0.15, 0.2) is 0 Å². The summed E-state index contributed by atoms with van der Waals surface area (Å²) in [6.45, 7) is 0.473. The molecule has 0 aromatic carbocycles. The van der Waals surface area contributed by atoms with Gasteiger partial charge in [0, 0.05) is 0 Å². The van der Waals surface area contributed by atoms with Crippen LogP contribution in [-0.2, 0) is 0 Å². The number of carbonyl (C=O) groups excluding carboxylic acids is 1. The number of hydrogen-bond donors (Lipinski definition) is 1. The first-order chi connectivity index (χ1) is 3.29. The normalized spacial score (nSPS) is 29.3. The fraction of sp³-hybridized carbons (Fsp3) is 0.667. The first-order valence-corrected chi connectivity index (χ1v) is 2.35. The van der Waals surface area contributed by atoms with Crippen LogP contribution in [0.1, 0.15) is 0 Å². The second-order valence-corrected chi connectivity index (χ2v) is 1.75. The van der Waals surface area contributed by atoms with Gasteiger partial charge in [-0.2, -0.15) is 0 Å². The van der Waals surface area contributed by atoms with Gasteiger partial charge in [-0.3, -0.25) is 0 Å². The van der Waals surface area contributed by atoms with E-state index in [-0.39, 0.29) is 11.5 Å². The minimum Gasteiger partial charge on any atom is -0.333 e. The number of amides is 2. The number of carbonyl (C=O) groups is 1. The maximum Gasteiger partial charge on any atom is 0.338 e. The monoisotopic (exact) mass is 119 g/mol. The largest absolute Gasteiger partial charge is 0.338 e. The number of nitrogens with one attached hydrogen (secondary N) is 1. The van der Waals surface area contributed by atoms with Gasteiger partial charge >= 0.3 is 6.03 Å². The molecule has 1 radical (unpaired) electrons. The van der Waals surface area contributed by atoms with E-state index in [9.17, 15) is 4.79 Å². The zero-order chi connectivity index (χ0) is 5.28. The van der Waals surface area contributed by atoms with E-state index in [0.717, 1.165) is 0 Å². The smallest absolute Gasteiger partial charge is 0.333 e. The fourth-order valence-corrected chi connectivity index (χ4v) is 0.556. The van der Waals surface area contributed by atoms with Gasteiger partial charge in [0.15, 0.2) is 0 Å². The van der Waals surface area contributed by atoms with Crippen molar-refractivity contribution in [1.82, 2.24) is 10.6 Å². The van der Waals surface area contributed by atoms with Crippen LogP contribution in [0.4, 0.5) is 4.79 Å². The molecule has 0 bridgehead atoms. The Morgan fingerprint density at radius 2 is 2.71 bits per heavy atom. The average molecular weight is 120 g/mol. The molecule has 1 rings (SSSR count). The lowest BCUT2D eigenvalue weighted by Gasteiger charge is -1.85. The van der Waals surface area contributed by atoms with Crippen LogP contribution in [0.25, 0.3) is 0 Å². The van der Waals surface area contributed by atoms with E-state index in [0.29, 0.717) is 6.54 Å². The molecule has 1 unspecified atom stereocenters. The molecular weight excluding hydrogens is 115 g/mol. The summed E-state index contributed by atoms with van der Waals surface area (Å²) in [6.07, 6.45) is 0. The van der Waals surface area contributed by atoms with Crippen LogP contribution in [0, 0.1) is 0 Å². The summed E-state index contributed by atoms with van der Waals surface area (Å²) in [4.78, 5) is 10.1. The molecule has 0 aromatic heterocycles. The second kappa shape index (κ2) is 1.58. The Labute approximate surface area is 46.0 Å².